The summed E-state index contributed by atoms with van der Waals surface area (Å²) >= 11 is 0. The average molecular weight is 415 g/mol. The summed E-state index contributed by atoms with van der Waals surface area (Å²) in [5.41, 5.74) is 3.52. The Bertz CT molecular complexity index is 944. The molecule has 4 rings (SSSR count). The van der Waals surface area contributed by atoms with E-state index < -0.39 is 0 Å². The van der Waals surface area contributed by atoms with Crippen molar-refractivity contribution in [1.29, 1.82) is 0 Å². The second kappa shape index (κ2) is 9.98. The van der Waals surface area contributed by atoms with E-state index in [-0.39, 0.29) is 11.8 Å². The lowest BCUT2D eigenvalue weighted by Gasteiger charge is -2.35. The van der Waals surface area contributed by atoms with Gasteiger partial charge < -0.3 is 9.80 Å². The van der Waals surface area contributed by atoms with Gasteiger partial charge in [-0.05, 0) is 61.4 Å². The molecule has 0 bridgehead atoms. The molecular weight excluding hydrogens is 388 g/mol. The Morgan fingerprint density at radius 2 is 1.48 bits per heavy atom. The first-order chi connectivity index (χ1) is 15.2. The molecule has 1 amide bonds. The minimum absolute atomic E-state index is 0.0158. The lowest BCUT2D eigenvalue weighted by atomic mass is 9.94. The molecule has 3 aromatic rings. The molecule has 0 unspecified atom stereocenters. The Morgan fingerprint density at radius 1 is 0.903 bits per heavy atom. The molecule has 1 saturated heterocycles. The molecule has 0 saturated carbocycles. The van der Waals surface area contributed by atoms with Crippen LogP contribution in [0.2, 0.25) is 0 Å². The van der Waals surface area contributed by atoms with Gasteiger partial charge in [-0.3, -0.25) is 19.6 Å². The Kier molecular flexibility index (Phi) is 6.67. The number of hydrogen-bond acceptors (Lipinski definition) is 5. The van der Waals surface area contributed by atoms with E-state index in [1.54, 1.807) is 12.4 Å². The lowest BCUT2D eigenvalue weighted by Crippen LogP contribution is -2.42. The highest BCUT2D eigenvalue weighted by Crippen LogP contribution is 2.26. The monoisotopic (exact) mass is 414 g/mol. The first-order valence-corrected chi connectivity index (χ1v) is 10.6. The highest BCUT2D eigenvalue weighted by atomic mass is 16.2. The highest BCUT2D eigenvalue weighted by Gasteiger charge is 2.29. The van der Waals surface area contributed by atoms with Crippen molar-refractivity contribution in [3.8, 4) is 0 Å². The van der Waals surface area contributed by atoms with Crippen molar-refractivity contribution in [3.05, 3.63) is 90.0 Å². The SMILES string of the molecule is O=Cc1ccc(N2CCC(C(=O)N(Cc3ccccn3)Cc3ccccn3)CC2)cc1. The summed E-state index contributed by atoms with van der Waals surface area (Å²) in [6, 6.07) is 19.2. The predicted octanol–water partition coefficient (Wildman–Crippen LogP) is 3.73. The molecule has 31 heavy (non-hydrogen) atoms. The number of benzene rings is 1. The topological polar surface area (TPSA) is 66.4 Å². The second-order valence-corrected chi connectivity index (χ2v) is 7.81. The van der Waals surface area contributed by atoms with Gasteiger partial charge in [0.15, 0.2) is 0 Å². The van der Waals surface area contributed by atoms with Crippen LogP contribution in [0, 0.1) is 5.92 Å². The van der Waals surface area contributed by atoms with Crippen LogP contribution in [0.5, 0.6) is 0 Å². The maximum absolute atomic E-state index is 13.4. The van der Waals surface area contributed by atoms with Crippen molar-refractivity contribution in [2.24, 2.45) is 5.92 Å². The van der Waals surface area contributed by atoms with Crippen LogP contribution < -0.4 is 4.90 Å². The summed E-state index contributed by atoms with van der Waals surface area (Å²) in [6.45, 7) is 2.59. The van der Waals surface area contributed by atoms with Gasteiger partial charge in [-0.25, -0.2) is 0 Å². The van der Waals surface area contributed by atoms with Crippen LogP contribution in [0.3, 0.4) is 0 Å². The normalized spacial score (nSPS) is 14.3. The van der Waals surface area contributed by atoms with Crippen LogP contribution in [-0.4, -0.2) is 40.2 Å². The number of piperidine rings is 1. The van der Waals surface area contributed by atoms with Crippen LogP contribution in [0.1, 0.15) is 34.6 Å². The molecule has 1 aliphatic rings. The van der Waals surface area contributed by atoms with Crippen LogP contribution in [0.4, 0.5) is 5.69 Å². The van der Waals surface area contributed by atoms with E-state index in [1.165, 1.54) is 0 Å². The number of pyridine rings is 2. The maximum Gasteiger partial charge on any atom is 0.226 e. The Hall–Kier alpha value is -3.54. The average Bonchev–Trinajstić information content (AvgIpc) is 2.85. The molecule has 0 radical (unpaired) electrons. The van der Waals surface area contributed by atoms with E-state index >= 15 is 0 Å². The largest absolute Gasteiger partial charge is 0.371 e. The number of nitrogens with zero attached hydrogens (tertiary/aromatic N) is 4. The fraction of sp³-hybridized carbons (Fsp3) is 0.280. The summed E-state index contributed by atoms with van der Waals surface area (Å²) in [6.07, 6.45) is 5.97. The number of hydrogen-bond donors (Lipinski definition) is 0. The van der Waals surface area contributed by atoms with Crippen molar-refractivity contribution in [1.82, 2.24) is 14.9 Å². The molecule has 0 N–H and O–H groups in total. The molecule has 0 spiro atoms. The van der Waals surface area contributed by atoms with E-state index in [4.69, 9.17) is 0 Å². The number of carbonyl (C=O) groups excluding carboxylic acids is 2. The van der Waals surface area contributed by atoms with E-state index in [9.17, 15) is 9.59 Å². The fourth-order valence-corrected chi connectivity index (χ4v) is 3.99. The van der Waals surface area contributed by atoms with Crippen molar-refractivity contribution in [2.75, 3.05) is 18.0 Å². The zero-order chi connectivity index (χ0) is 21.5. The zero-order valence-electron chi connectivity index (χ0n) is 17.4. The number of anilines is 1. The Balaban J connectivity index is 1.43. The second-order valence-electron chi connectivity index (χ2n) is 7.81. The van der Waals surface area contributed by atoms with Gasteiger partial charge >= 0.3 is 0 Å². The van der Waals surface area contributed by atoms with Gasteiger partial charge in [0.25, 0.3) is 0 Å². The summed E-state index contributed by atoms with van der Waals surface area (Å²) in [5.74, 6) is 0.144. The third-order valence-corrected chi connectivity index (χ3v) is 5.71. The highest BCUT2D eigenvalue weighted by molar-refractivity contribution is 5.79. The van der Waals surface area contributed by atoms with Gasteiger partial charge in [-0.2, -0.15) is 0 Å². The van der Waals surface area contributed by atoms with Crippen LogP contribution in [0.25, 0.3) is 0 Å². The van der Waals surface area contributed by atoms with Crippen molar-refractivity contribution in [2.45, 2.75) is 25.9 Å². The van der Waals surface area contributed by atoms with Gasteiger partial charge in [-0.1, -0.05) is 12.1 Å². The molecular formula is C25H26N4O2. The molecule has 0 aliphatic carbocycles. The fourth-order valence-electron chi connectivity index (χ4n) is 3.99. The molecule has 3 heterocycles. The maximum atomic E-state index is 13.4. The number of carbonyl (C=O) groups is 2. The first kappa shape index (κ1) is 20.7. The molecule has 1 aromatic carbocycles. The van der Waals surface area contributed by atoms with Gasteiger partial charge in [0.2, 0.25) is 5.91 Å². The summed E-state index contributed by atoms with van der Waals surface area (Å²) < 4.78 is 0. The molecule has 0 atom stereocenters. The molecule has 2 aromatic heterocycles. The Labute approximate surface area is 182 Å². The number of rotatable bonds is 7. The van der Waals surface area contributed by atoms with Crippen molar-refractivity contribution >= 4 is 17.9 Å². The number of amides is 1. The molecule has 1 fully saturated rings. The Morgan fingerprint density at radius 3 is 1.97 bits per heavy atom. The standard InChI is InChI=1S/C25H26N4O2/c30-19-20-7-9-24(10-8-20)28-15-11-21(12-16-28)25(31)29(17-22-5-1-3-13-26-22)18-23-6-2-4-14-27-23/h1-10,13-14,19,21H,11-12,15-18H2. The molecule has 6 nitrogen and oxygen atoms in total. The van der Waals surface area contributed by atoms with E-state index in [0.29, 0.717) is 18.7 Å². The van der Waals surface area contributed by atoms with Gasteiger partial charge in [0.05, 0.1) is 24.5 Å². The smallest absolute Gasteiger partial charge is 0.226 e. The quantitative estimate of drug-likeness (QED) is 0.551. The summed E-state index contributed by atoms with van der Waals surface area (Å²) in [5, 5.41) is 0. The zero-order valence-corrected chi connectivity index (χ0v) is 17.4. The van der Waals surface area contributed by atoms with Crippen molar-refractivity contribution in [3.63, 3.8) is 0 Å². The van der Waals surface area contributed by atoms with Crippen LogP contribution in [0.15, 0.2) is 73.1 Å². The van der Waals surface area contributed by atoms with Crippen LogP contribution >= 0.6 is 0 Å². The molecule has 158 valence electrons. The minimum atomic E-state index is -0.0158. The van der Waals surface area contributed by atoms with Crippen molar-refractivity contribution < 1.29 is 9.59 Å². The van der Waals surface area contributed by atoms with E-state index in [1.807, 2.05) is 65.6 Å². The number of aromatic nitrogens is 2. The van der Waals surface area contributed by atoms with Gasteiger partial charge in [0, 0.05) is 42.7 Å². The summed E-state index contributed by atoms with van der Waals surface area (Å²) in [7, 11) is 0. The predicted molar refractivity (Wildman–Crippen MR) is 119 cm³/mol. The summed E-state index contributed by atoms with van der Waals surface area (Å²) in [4.78, 5) is 37.3. The molecule has 1 aliphatic heterocycles. The van der Waals surface area contributed by atoms with Gasteiger partial charge in [-0.15, -0.1) is 0 Å². The van der Waals surface area contributed by atoms with Gasteiger partial charge in [0.1, 0.15) is 6.29 Å². The minimum Gasteiger partial charge on any atom is -0.371 e. The molecule has 6 heteroatoms. The number of aldehydes is 1. The first-order valence-electron chi connectivity index (χ1n) is 10.6. The third-order valence-electron chi connectivity index (χ3n) is 5.71. The lowest BCUT2D eigenvalue weighted by molar-refractivity contribution is -0.137. The van der Waals surface area contributed by atoms with Crippen LogP contribution in [-0.2, 0) is 17.9 Å². The van der Waals surface area contributed by atoms with E-state index in [2.05, 4.69) is 14.9 Å². The van der Waals surface area contributed by atoms with E-state index in [0.717, 1.165) is 49.3 Å². The third kappa shape index (κ3) is 5.34.